The molecule has 0 spiro atoms. The number of rotatable bonds is 7. The Labute approximate surface area is 94.7 Å². The van der Waals surface area contributed by atoms with Crippen molar-refractivity contribution < 1.29 is 10.2 Å². The maximum absolute atomic E-state index is 9.84. The average molecular weight is 216 g/mol. The van der Waals surface area contributed by atoms with E-state index in [1.807, 2.05) is 6.92 Å². The predicted octanol–water partition coefficient (Wildman–Crippen LogP) is 2.97. The highest BCUT2D eigenvalue weighted by molar-refractivity contribution is 4.75. The van der Waals surface area contributed by atoms with Gasteiger partial charge in [0.2, 0.25) is 0 Å². The third-order valence-corrected chi connectivity index (χ3v) is 2.76. The van der Waals surface area contributed by atoms with Crippen LogP contribution in [0.25, 0.3) is 0 Å². The molecule has 0 aromatic heterocycles. The van der Waals surface area contributed by atoms with Crippen LogP contribution in [0.15, 0.2) is 0 Å². The van der Waals surface area contributed by atoms with Crippen molar-refractivity contribution in [2.45, 2.75) is 72.5 Å². The maximum atomic E-state index is 9.84. The van der Waals surface area contributed by atoms with Crippen LogP contribution < -0.4 is 0 Å². The molecule has 0 fully saturated rings. The van der Waals surface area contributed by atoms with Gasteiger partial charge >= 0.3 is 0 Å². The SMILES string of the molecule is CCC(O)CC(O)CC(C)(C)CC(C)C. The minimum atomic E-state index is -0.367. The third-order valence-electron chi connectivity index (χ3n) is 2.76. The van der Waals surface area contributed by atoms with E-state index >= 15 is 0 Å². The smallest absolute Gasteiger partial charge is 0.0570 e. The van der Waals surface area contributed by atoms with Crippen LogP contribution in [0, 0.1) is 11.3 Å². The largest absolute Gasteiger partial charge is 0.393 e. The highest BCUT2D eigenvalue weighted by Gasteiger charge is 2.24. The quantitative estimate of drug-likeness (QED) is 0.687. The first kappa shape index (κ1) is 14.9. The molecule has 0 saturated carbocycles. The van der Waals surface area contributed by atoms with Gasteiger partial charge in [-0.15, -0.1) is 0 Å². The summed E-state index contributed by atoms with van der Waals surface area (Å²) in [4.78, 5) is 0. The van der Waals surface area contributed by atoms with E-state index in [0.717, 1.165) is 19.3 Å². The van der Waals surface area contributed by atoms with E-state index in [9.17, 15) is 10.2 Å². The molecule has 0 aromatic carbocycles. The van der Waals surface area contributed by atoms with Crippen LogP contribution in [-0.2, 0) is 0 Å². The zero-order valence-corrected chi connectivity index (χ0v) is 11.0. The number of aliphatic hydroxyl groups excluding tert-OH is 2. The Morgan fingerprint density at radius 2 is 1.53 bits per heavy atom. The number of hydrogen-bond acceptors (Lipinski definition) is 2. The van der Waals surface area contributed by atoms with Gasteiger partial charge in [-0.1, -0.05) is 34.6 Å². The van der Waals surface area contributed by atoms with Crippen molar-refractivity contribution in [3.63, 3.8) is 0 Å². The van der Waals surface area contributed by atoms with Crippen molar-refractivity contribution in [2.75, 3.05) is 0 Å². The summed E-state index contributed by atoms with van der Waals surface area (Å²) in [5.41, 5.74) is 0.168. The molecule has 0 aromatic rings. The summed E-state index contributed by atoms with van der Waals surface area (Å²) in [6, 6.07) is 0. The van der Waals surface area contributed by atoms with Gasteiger partial charge in [-0.3, -0.25) is 0 Å². The van der Waals surface area contributed by atoms with Gasteiger partial charge in [0, 0.05) is 0 Å². The number of aliphatic hydroxyl groups is 2. The zero-order valence-electron chi connectivity index (χ0n) is 11.0. The summed E-state index contributed by atoms with van der Waals surface area (Å²) in [6.07, 6.45) is 2.41. The minimum absolute atomic E-state index is 0.168. The lowest BCUT2D eigenvalue weighted by Crippen LogP contribution is -2.25. The standard InChI is InChI=1S/C13H28O2/c1-6-11(14)7-12(15)9-13(4,5)8-10(2)3/h10-12,14-15H,6-9H2,1-5H3. The molecule has 0 aliphatic rings. The summed E-state index contributed by atoms with van der Waals surface area (Å²) in [7, 11) is 0. The second-order valence-corrected chi connectivity index (χ2v) is 5.92. The third kappa shape index (κ3) is 7.80. The Morgan fingerprint density at radius 3 is 1.93 bits per heavy atom. The van der Waals surface area contributed by atoms with E-state index in [1.54, 1.807) is 0 Å². The molecule has 0 saturated heterocycles. The summed E-state index contributed by atoms with van der Waals surface area (Å²) in [5, 5.41) is 19.3. The molecule has 0 radical (unpaired) electrons. The lowest BCUT2D eigenvalue weighted by atomic mass is 9.78. The van der Waals surface area contributed by atoms with Gasteiger partial charge in [0.05, 0.1) is 12.2 Å². The fourth-order valence-corrected chi connectivity index (χ4v) is 2.39. The fourth-order valence-electron chi connectivity index (χ4n) is 2.39. The summed E-state index contributed by atoms with van der Waals surface area (Å²) in [5.74, 6) is 0.656. The van der Waals surface area contributed by atoms with Crippen LogP contribution in [-0.4, -0.2) is 22.4 Å². The van der Waals surface area contributed by atoms with Crippen LogP contribution in [0.3, 0.4) is 0 Å². The van der Waals surface area contributed by atoms with E-state index in [0.29, 0.717) is 12.3 Å². The van der Waals surface area contributed by atoms with Crippen molar-refractivity contribution in [3.05, 3.63) is 0 Å². The summed E-state index contributed by atoms with van der Waals surface area (Å²) < 4.78 is 0. The zero-order chi connectivity index (χ0) is 12.1. The summed E-state index contributed by atoms with van der Waals surface area (Å²) in [6.45, 7) is 10.7. The Hall–Kier alpha value is -0.0800. The number of hydrogen-bond donors (Lipinski definition) is 2. The van der Waals surface area contributed by atoms with Crippen molar-refractivity contribution in [1.29, 1.82) is 0 Å². The summed E-state index contributed by atoms with van der Waals surface area (Å²) >= 11 is 0. The van der Waals surface area contributed by atoms with E-state index in [4.69, 9.17) is 0 Å². The van der Waals surface area contributed by atoms with Crippen LogP contribution in [0.1, 0.15) is 60.3 Å². The van der Waals surface area contributed by atoms with Crippen molar-refractivity contribution in [1.82, 2.24) is 0 Å². The second kappa shape index (κ2) is 6.49. The molecule has 2 unspecified atom stereocenters. The Balaban J connectivity index is 3.97. The predicted molar refractivity (Wildman–Crippen MR) is 64.8 cm³/mol. The van der Waals surface area contributed by atoms with Crippen LogP contribution in [0.4, 0.5) is 0 Å². The molecule has 15 heavy (non-hydrogen) atoms. The lowest BCUT2D eigenvalue weighted by molar-refractivity contribution is 0.0458. The Kier molecular flexibility index (Phi) is 6.46. The molecule has 0 heterocycles. The molecule has 0 amide bonds. The van der Waals surface area contributed by atoms with Gasteiger partial charge < -0.3 is 10.2 Å². The second-order valence-electron chi connectivity index (χ2n) is 5.92. The van der Waals surface area contributed by atoms with Crippen LogP contribution in [0.2, 0.25) is 0 Å². The van der Waals surface area contributed by atoms with Gasteiger partial charge in [-0.25, -0.2) is 0 Å². The molecule has 0 aliphatic heterocycles. The molecular weight excluding hydrogens is 188 g/mol. The first-order chi connectivity index (χ1) is 6.76. The lowest BCUT2D eigenvalue weighted by Gasteiger charge is -2.29. The average Bonchev–Trinajstić information content (AvgIpc) is 1.99. The van der Waals surface area contributed by atoms with Crippen molar-refractivity contribution in [3.8, 4) is 0 Å². The van der Waals surface area contributed by atoms with E-state index in [2.05, 4.69) is 27.7 Å². The van der Waals surface area contributed by atoms with Crippen LogP contribution >= 0.6 is 0 Å². The highest BCUT2D eigenvalue weighted by Crippen LogP contribution is 2.31. The molecule has 2 atom stereocenters. The van der Waals surface area contributed by atoms with Crippen molar-refractivity contribution >= 4 is 0 Å². The molecule has 2 N–H and O–H groups in total. The van der Waals surface area contributed by atoms with Gasteiger partial charge in [-0.2, -0.15) is 0 Å². The molecular formula is C13H28O2. The van der Waals surface area contributed by atoms with Gasteiger partial charge in [-0.05, 0) is 37.0 Å². The molecule has 2 heteroatoms. The molecule has 0 bridgehead atoms. The van der Waals surface area contributed by atoms with Crippen molar-refractivity contribution in [2.24, 2.45) is 11.3 Å². The first-order valence-corrected chi connectivity index (χ1v) is 6.13. The molecule has 0 rings (SSSR count). The molecule has 0 aliphatic carbocycles. The minimum Gasteiger partial charge on any atom is -0.393 e. The van der Waals surface area contributed by atoms with E-state index < -0.39 is 0 Å². The first-order valence-electron chi connectivity index (χ1n) is 6.13. The van der Waals surface area contributed by atoms with Gasteiger partial charge in [0.15, 0.2) is 0 Å². The topological polar surface area (TPSA) is 40.5 Å². The molecule has 92 valence electrons. The van der Waals surface area contributed by atoms with Crippen LogP contribution in [0.5, 0.6) is 0 Å². The van der Waals surface area contributed by atoms with Gasteiger partial charge in [0.25, 0.3) is 0 Å². The molecule has 2 nitrogen and oxygen atoms in total. The van der Waals surface area contributed by atoms with E-state index in [-0.39, 0.29) is 17.6 Å². The fraction of sp³-hybridized carbons (Fsp3) is 1.00. The Morgan fingerprint density at radius 1 is 1.00 bits per heavy atom. The highest BCUT2D eigenvalue weighted by atomic mass is 16.3. The normalized spacial score (nSPS) is 16.8. The van der Waals surface area contributed by atoms with E-state index in [1.165, 1.54) is 0 Å². The maximum Gasteiger partial charge on any atom is 0.0570 e. The monoisotopic (exact) mass is 216 g/mol. The Bertz CT molecular complexity index is 164. The van der Waals surface area contributed by atoms with Gasteiger partial charge in [0.1, 0.15) is 0 Å².